The molecule has 0 amide bonds. The molecule has 1 aromatic heterocycles. The Hall–Kier alpha value is -3.30. The summed E-state index contributed by atoms with van der Waals surface area (Å²) in [7, 11) is 0. The number of hydrogen-bond donors (Lipinski definition) is 2. The van der Waals surface area contributed by atoms with Gasteiger partial charge in [0.15, 0.2) is 6.29 Å². The predicted octanol–water partition coefficient (Wildman–Crippen LogP) is 4.49. The Bertz CT molecular complexity index is 1030. The minimum Gasteiger partial charge on any atom is -0.398 e. The highest BCUT2D eigenvalue weighted by Gasteiger charge is 2.15. The molecule has 0 atom stereocenters. The molecule has 0 spiro atoms. The first-order chi connectivity index (χ1) is 12.1. The van der Waals surface area contributed by atoms with Crippen molar-refractivity contribution in [2.24, 2.45) is 0 Å². The minimum atomic E-state index is -0.609. The first kappa shape index (κ1) is 16.6. The van der Waals surface area contributed by atoms with Crippen molar-refractivity contribution < 1.29 is 9.18 Å². The fourth-order valence-corrected chi connectivity index (χ4v) is 3.50. The van der Waals surface area contributed by atoms with Crippen molar-refractivity contribution in [3.8, 4) is 27.6 Å². The number of nitrogens with two attached hydrogens (primary N) is 1. The highest BCUT2D eigenvalue weighted by molar-refractivity contribution is 7.17. The van der Waals surface area contributed by atoms with Gasteiger partial charge in [-0.15, -0.1) is 11.3 Å². The van der Waals surface area contributed by atoms with Crippen LogP contribution in [0.5, 0.6) is 0 Å². The summed E-state index contributed by atoms with van der Waals surface area (Å²) in [5.74, 6) is -0.609. The van der Waals surface area contributed by atoms with E-state index in [1.165, 1.54) is 23.5 Å². The van der Waals surface area contributed by atoms with Crippen molar-refractivity contribution in [3.05, 3.63) is 64.3 Å². The van der Waals surface area contributed by atoms with Gasteiger partial charge in [-0.05, 0) is 41.5 Å². The van der Waals surface area contributed by atoms with E-state index in [4.69, 9.17) is 16.4 Å². The van der Waals surface area contributed by atoms with Crippen LogP contribution in [-0.4, -0.2) is 12.5 Å². The number of rotatable bonds is 4. The minimum absolute atomic E-state index is 0.0327. The molecule has 0 radical (unpaired) electrons. The lowest BCUT2D eigenvalue weighted by Crippen LogP contribution is -1.93. The number of nitriles is 1. The number of anilines is 1. The van der Waals surface area contributed by atoms with Crippen molar-refractivity contribution in [1.82, 2.24) is 0 Å². The van der Waals surface area contributed by atoms with Gasteiger partial charge in [0.1, 0.15) is 11.9 Å². The number of nitrogens with zero attached hydrogens (tertiary/aromatic N) is 1. The van der Waals surface area contributed by atoms with Crippen LogP contribution in [0.1, 0.15) is 20.8 Å². The highest BCUT2D eigenvalue weighted by atomic mass is 32.1. The molecule has 0 aliphatic heterocycles. The number of aldehydes is 1. The number of thiophene rings is 1. The number of halogens is 1. The van der Waals surface area contributed by atoms with Crippen molar-refractivity contribution in [2.45, 2.75) is 0 Å². The van der Waals surface area contributed by atoms with Crippen LogP contribution in [-0.2, 0) is 0 Å². The molecule has 3 aromatic rings. The standard InChI is InChI=1S/C19H12FN3OS/c20-17-6-11(1-2-13(17)8-21)16-7-15(10-24)25-19(16)12-3-4-18(23)14(5-12)9-22/h1-7,9-10,22H,23H2. The summed E-state index contributed by atoms with van der Waals surface area (Å²) in [4.78, 5) is 12.5. The molecule has 0 aliphatic rings. The second kappa shape index (κ2) is 6.67. The van der Waals surface area contributed by atoms with Crippen LogP contribution < -0.4 is 5.73 Å². The van der Waals surface area contributed by atoms with Gasteiger partial charge in [0.2, 0.25) is 0 Å². The zero-order chi connectivity index (χ0) is 18.0. The Balaban J connectivity index is 2.21. The lowest BCUT2D eigenvalue weighted by atomic mass is 9.99. The SMILES string of the molecule is N#Cc1ccc(-c2cc(C=O)sc2-c2ccc(N)c(C=N)c2)cc1F. The van der Waals surface area contributed by atoms with E-state index in [9.17, 15) is 9.18 Å². The molecular formula is C19H12FN3OS. The van der Waals surface area contributed by atoms with Gasteiger partial charge in [0.25, 0.3) is 0 Å². The molecule has 0 unspecified atom stereocenters. The Morgan fingerprint density at radius 2 is 1.92 bits per heavy atom. The number of nitrogen functional groups attached to an aromatic ring is 1. The molecule has 6 heteroatoms. The second-order valence-corrected chi connectivity index (χ2v) is 6.39. The van der Waals surface area contributed by atoms with E-state index in [0.717, 1.165) is 22.9 Å². The third kappa shape index (κ3) is 3.05. The fourth-order valence-electron chi connectivity index (χ4n) is 2.51. The average molecular weight is 349 g/mol. The van der Waals surface area contributed by atoms with Crippen LogP contribution in [0.4, 0.5) is 10.1 Å². The zero-order valence-electron chi connectivity index (χ0n) is 12.9. The van der Waals surface area contributed by atoms with E-state index in [1.807, 2.05) is 0 Å². The molecule has 4 nitrogen and oxygen atoms in total. The maximum Gasteiger partial charge on any atom is 0.160 e. The monoisotopic (exact) mass is 349 g/mol. The Kier molecular flexibility index (Phi) is 4.42. The van der Waals surface area contributed by atoms with E-state index in [1.54, 1.807) is 36.4 Å². The Labute approximate surface area is 147 Å². The molecule has 3 rings (SSSR count). The summed E-state index contributed by atoms with van der Waals surface area (Å²) in [5, 5.41) is 16.3. The number of carbonyl (C=O) groups excluding carboxylic acids is 1. The molecule has 3 N–H and O–H groups in total. The van der Waals surface area contributed by atoms with Gasteiger partial charge >= 0.3 is 0 Å². The molecule has 25 heavy (non-hydrogen) atoms. The maximum atomic E-state index is 14.0. The number of benzene rings is 2. The Morgan fingerprint density at radius 3 is 2.56 bits per heavy atom. The fraction of sp³-hybridized carbons (Fsp3) is 0. The largest absolute Gasteiger partial charge is 0.398 e. The lowest BCUT2D eigenvalue weighted by molar-refractivity contribution is 0.112. The predicted molar refractivity (Wildman–Crippen MR) is 97.5 cm³/mol. The third-order valence-electron chi connectivity index (χ3n) is 3.77. The lowest BCUT2D eigenvalue weighted by Gasteiger charge is -2.07. The van der Waals surface area contributed by atoms with Gasteiger partial charge in [0.05, 0.1) is 10.4 Å². The van der Waals surface area contributed by atoms with Crippen LogP contribution >= 0.6 is 11.3 Å². The molecule has 1 heterocycles. The van der Waals surface area contributed by atoms with Crippen LogP contribution in [0.15, 0.2) is 42.5 Å². The molecule has 0 saturated carbocycles. The molecule has 0 saturated heterocycles. The maximum absolute atomic E-state index is 14.0. The van der Waals surface area contributed by atoms with Gasteiger partial charge in [0, 0.05) is 27.9 Å². The molecule has 122 valence electrons. The van der Waals surface area contributed by atoms with E-state index >= 15 is 0 Å². The van der Waals surface area contributed by atoms with Gasteiger partial charge in [-0.3, -0.25) is 4.79 Å². The van der Waals surface area contributed by atoms with Crippen LogP contribution in [0.2, 0.25) is 0 Å². The second-order valence-electron chi connectivity index (χ2n) is 5.30. The van der Waals surface area contributed by atoms with Gasteiger partial charge in [-0.2, -0.15) is 5.26 Å². The molecule has 0 bridgehead atoms. The van der Waals surface area contributed by atoms with E-state index < -0.39 is 5.82 Å². The summed E-state index contributed by atoms with van der Waals surface area (Å²) in [6, 6.07) is 13.1. The van der Waals surface area contributed by atoms with Crippen LogP contribution in [0, 0.1) is 22.6 Å². The summed E-state index contributed by atoms with van der Waals surface area (Å²) in [6.07, 6.45) is 1.90. The van der Waals surface area contributed by atoms with Crippen molar-refractivity contribution >= 4 is 29.5 Å². The smallest absolute Gasteiger partial charge is 0.160 e. The normalized spacial score (nSPS) is 10.2. The molecule has 0 fully saturated rings. The van der Waals surface area contributed by atoms with Crippen LogP contribution in [0.25, 0.3) is 21.6 Å². The number of nitrogens with one attached hydrogen (secondary N) is 1. The van der Waals surface area contributed by atoms with Crippen molar-refractivity contribution in [3.63, 3.8) is 0 Å². The number of hydrogen-bond acceptors (Lipinski definition) is 5. The van der Waals surface area contributed by atoms with Gasteiger partial charge in [-0.25, -0.2) is 4.39 Å². The number of carbonyl (C=O) groups is 1. The molecule has 0 aliphatic carbocycles. The van der Waals surface area contributed by atoms with E-state index in [-0.39, 0.29) is 5.56 Å². The summed E-state index contributed by atoms with van der Waals surface area (Å²) in [5.41, 5.74) is 8.89. The van der Waals surface area contributed by atoms with Crippen molar-refractivity contribution in [1.29, 1.82) is 10.7 Å². The van der Waals surface area contributed by atoms with Gasteiger partial charge < -0.3 is 11.1 Å². The summed E-state index contributed by atoms with van der Waals surface area (Å²) < 4.78 is 14.0. The first-order valence-electron chi connectivity index (χ1n) is 7.26. The topological polar surface area (TPSA) is 90.7 Å². The average Bonchev–Trinajstić information content (AvgIpc) is 3.06. The molecular weight excluding hydrogens is 337 g/mol. The van der Waals surface area contributed by atoms with Crippen LogP contribution in [0.3, 0.4) is 0 Å². The third-order valence-corrected chi connectivity index (χ3v) is 4.88. The van der Waals surface area contributed by atoms with Gasteiger partial charge in [-0.1, -0.05) is 12.1 Å². The summed E-state index contributed by atoms with van der Waals surface area (Å²) in [6.45, 7) is 0. The van der Waals surface area contributed by atoms with E-state index in [0.29, 0.717) is 27.3 Å². The van der Waals surface area contributed by atoms with Crippen molar-refractivity contribution in [2.75, 3.05) is 5.73 Å². The first-order valence-corrected chi connectivity index (χ1v) is 8.08. The highest BCUT2D eigenvalue weighted by Crippen LogP contribution is 2.40. The van der Waals surface area contributed by atoms with E-state index in [2.05, 4.69) is 0 Å². The quantitative estimate of drug-likeness (QED) is 0.413. The summed E-state index contributed by atoms with van der Waals surface area (Å²) >= 11 is 1.28. The zero-order valence-corrected chi connectivity index (χ0v) is 13.7. The Morgan fingerprint density at radius 1 is 1.16 bits per heavy atom. The molecule has 2 aromatic carbocycles.